The van der Waals surface area contributed by atoms with Gasteiger partial charge in [-0.25, -0.2) is 0 Å². The van der Waals surface area contributed by atoms with E-state index in [1.807, 2.05) is 0 Å². The van der Waals surface area contributed by atoms with Crippen molar-refractivity contribution in [2.75, 3.05) is 0 Å². The van der Waals surface area contributed by atoms with Gasteiger partial charge in [-0.2, -0.15) is 0 Å². The van der Waals surface area contributed by atoms with Crippen LogP contribution in [0.15, 0.2) is 0 Å². The third kappa shape index (κ3) is 3.27. The average molecular weight is 197 g/mol. The van der Waals surface area contributed by atoms with Crippen LogP contribution in [0.2, 0.25) is 0 Å². The van der Waals surface area contributed by atoms with Crippen LogP contribution in [0, 0.1) is 11.8 Å². The molecule has 0 radical (unpaired) electrons. The lowest BCUT2D eigenvalue weighted by atomic mass is 9.99. The molecule has 4 unspecified atom stereocenters. The molecule has 1 heteroatoms. The molecule has 4 atom stereocenters. The van der Waals surface area contributed by atoms with Gasteiger partial charge >= 0.3 is 0 Å². The van der Waals surface area contributed by atoms with Crippen LogP contribution in [0.5, 0.6) is 0 Å². The van der Waals surface area contributed by atoms with Gasteiger partial charge in [-0.1, -0.05) is 33.6 Å². The molecular weight excluding hydrogens is 170 g/mol. The molecule has 1 aliphatic carbocycles. The fourth-order valence-electron chi connectivity index (χ4n) is 2.49. The second-order valence-corrected chi connectivity index (χ2v) is 5.13. The highest BCUT2D eigenvalue weighted by atomic mass is 15.0. The molecule has 1 nitrogen and oxygen atoms in total. The van der Waals surface area contributed by atoms with Crippen molar-refractivity contribution in [1.82, 2.24) is 5.32 Å². The maximum absolute atomic E-state index is 3.79. The molecule has 0 aromatic rings. The fourth-order valence-corrected chi connectivity index (χ4v) is 2.49. The maximum Gasteiger partial charge on any atom is 0.00723 e. The van der Waals surface area contributed by atoms with Gasteiger partial charge in [0.05, 0.1) is 0 Å². The van der Waals surface area contributed by atoms with Gasteiger partial charge in [-0.3, -0.25) is 0 Å². The van der Waals surface area contributed by atoms with Gasteiger partial charge in [-0.15, -0.1) is 0 Å². The summed E-state index contributed by atoms with van der Waals surface area (Å²) in [4.78, 5) is 0. The second kappa shape index (κ2) is 5.75. The first-order chi connectivity index (χ1) is 6.67. The smallest absolute Gasteiger partial charge is 0.00723 e. The van der Waals surface area contributed by atoms with Crippen molar-refractivity contribution in [3.05, 3.63) is 0 Å². The highest BCUT2D eigenvalue weighted by molar-refractivity contribution is 4.82. The summed E-state index contributed by atoms with van der Waals surface area (Å²) >= 11 is 0. The molecule has 1 aliphatic rings. The summed E-state index contributed by atoms with van der Waals surface area (Å²) in [6.45, 7) is 9.30. The molecule has 1 N–H and O–H groups in total. The van der Waals surface area contributed by atoms with Gasteiger partial charge in [0, 0.05) is 12.1 Å². The lowest BCUT2D eigenvalue weighted by Crippen LogP contribution is -2.38. The molecule has 0 aromatic heterocycles. The molecule has 84 valence electrons. The van der Waals surface area contributed by atoms with Crippen LogP contribution in [0.3, 0.4) is 0 Å². The Kier molecular flexibility index (Phi) is 4.94. The first-order valence-electron chi connectivity index (χ1n) is 6.43. The van der Waals surface area contributed by atoms with Gasteiger partial charge in [0.1, 0.15) is 0 Å². The number of hydrogen-bond acceptors (Lipinski definition) is 1. The standard InChI is InChI=1S/C13H27N/c1-5-10(3)11(4)14-13-8-7-12(6-2)9-13/h10-14H,5-9H2,1-4H3. The van der Waals surface area contributed by atoms with Crippen LogP contribution in [0.4, 0.5) is 0 Å². The largest absolute Gasteiger partial charge is 0.311 e. The summed E-state index contributed by atoms with van der Waals surface area (Å²) in [5.74, 6) is 1.81. The average Bonchev–Trinajstić information content (AvgIpc) is 2.64. The molecule has 1 saturated carbocycles. The molecule has 0 saturated heterocycles. The Morgan fingerprint density at radius 1 is 1.21 bits per heavy atom. The van der Waals surface area contributed by atoms with Gasteiger partial charge in [0.2, 0.25) is 0 Å². The van der Waals surface area contributed by atoms with Crippen molar-refractivity contribution in [2.45, 2.75) is 71.9 Å². The lowest BCUT2D eigenvalue weighted by molar-refractivity contribution is 0.343. The first kappa shape index (κ1) is 12.0. The van der Waals surface area contributed by atoms with Crippen molar-refractivity contribution < 1.29 is 0 Å². The molecule has 1 fully saturated rings. The van der Waals surface area contributed by atoms with Crippen molar-refractivity contribution in [1.29, 1.82) is 0 Å². The molecule has 0 bridgehead atoms. The number of nitrogens with one attached hydrogen (secondary N) is 1. The Labute approximate surface area is 89.7 Å². The van der Waals surface area contributed by atoms with E-state index < -0.39 is 0 Å². The minimum absolute atomic E-state index is 0.695. The minimum Gasteiger partial charge on any atom is -0.311 e. The third-order valence-electron chi connectivity index (χ3n) is 4.11. The molecule has 1 rings (SSSR count). The minimum atomic E-state index is 0.695. The topological polar surface area (TPSA) is 12.0 Å². The zero-order valence-corrected chi connectivity index (χ0v) is 10.3. The molecule has 0 spiro atoms. The van der Waals surface area contributed by atoms with E-state index in [2.05, 4.69) is 33.0 Å². The third-order valence-corrected chi connectivity index (χ3v) is 4.11. The van der Waals surface area contributed by atoms with Crippen LogP contribution in [0.1, 0.15) is 59.8 Å². The summed E-state index contributed by atoms with van der Waals surface area (Å²) in [6, 6.07) is 1.50. The summed E-state index contributed by atoms with van der Waals surface area (Å²) in [7, 11) is 0. The van der Waals surface area contributed by atoms with Crippen LogP contribution in [-0.4, -0.2) is 12.1 Å². The summed E-state index contributed by atoms with van der Waals surface area (Å²) in [5, 5.41) is 3.79. The van der Waals surface area contributed by atoms with Crippen molar-refractivity contribution in [2.24, 2.45) is 11.8 Å². The summed E-state index contributed by atoms with van der Waals surface area (Å²) in [6.07, 6.45) is 6.92. The van der Waals surface area contributed by atoms with Gasteiger partial charge < -0.3 is 5.32 Å². The van der Waals surface area contributed by atoms with Crippen molar-refractivity contribution >= 4 is 0 Å². The Morgan fingerprint density at radius 2 is 1.93 bits per heavy atom. The van der Waals surface area contributed by atoms with Gasteiger partial charge in [-0.05, 0) is 38.0 Å². The first-order valence-corrected chi connectivity index (χ1v) is 6.43. The highest BCUT2D eigenvalue weighted by Crippen LogP contribution is 2.28. The Hall–Kier alpha value is -0.0400. The maximum atomic E-state index is 3.79. The van der Waals surface area contributed by atoms with E-state index >= 15 is 0 Å². The fraction of sp³-hybridized carbons (Fsp3) is 1.00. The van der Waals surface area contributed by atoms with Crippen molar-refractivity contribution in [3.8, 4) is 0 Å². The molecule has 0 heterocycles. The predicted molar refractivity (Wildman–Crippen MR) is 63.5 cm³/mol. The number of hydrogen-bond donors (Lipinski definition) is 1. The molecule has 0 aromatic carbocycles. The van der Waals surface area contributed by atoms with E-state index in [1.54, 1.807) is 0 Å². The monoisotopic (exact) mass is 197 g/mol. The Bertz CT molecular complexity index is 155. The second-order valence-electron chi connectivity index (χ2n) is 5.13. The lowest BCUT2D eigenvalue weighted by Gasteiger charge is -2.24. The number of rotatable bonds is 5. The SMILES string of the molecule is CCC1CCC(NC(C)C(C)CC)C1. The molecular formula is C13H27N. The van der Waals surface area contributed by atoms with E-state index in [1.165, 1.54) is 32.1 Å². The highest BCUT2D eigenvalue weighted by Gasteiger charge is 2.25. The summed E-state index contributed by atoms with van der Waals surface area (Å²) in [5.41, 5.74) is 0. The summed E-state index contributed by atoms with van der Waals surface area (Å²) < 4.78 is 0. The molecule has 14 heavy (non-hydrogen) atoms. The quantitative estimate of drug-likeness (QED) is 0.710. The molecule has 0 aliphatic heterocycles. The van der Waals surface area contributed by atoms with Crippen LogP contribution in [0.25, 0.3) is 0 Å². The zero-order chi connectivity index (χ0) is 10.6. The van der Waals surface area contributed by atoms with E-state index in [-0.39, 0.29) is 0 Å². The van der Waals surface area contributed by atoms with Gasteiger partial charge in [0.25, 0.3) is 0 Å². The Balaban J connectivity index is 2.24. The predicted octanol–water partition coefficient (Wildman–Crippen LogP) is 3.59. The van der Waals surface area contributed by atoms with E-state index in [0.29, 0.717) is 6.04 Å². The van der Waals surface area contributed by atoms with Crippen LogP contribution in [-0.2, 0) is 0 Å². The molecule has 0 amide bonds. The van der Waals surface area contributed by atoms with E-state index in [0.717, 1.165) is 17.9 Å². The van der Waals surface area contributed by atoms with Crippen molar-refractivity contribution in [3.63, 3.8) is 0 Å². The van der Waals surface area contributed by atoms with Gasteiger partial charge in [0.15, 0.2) is 0 Å². The van der Waals surface area contributed by atoms with E-state index in [4.69, 9.17) is 0 Å². The normalized spacial score (nSPS) is 31.7. The van der Waals surface area contributed by atoms with Crippen LogP contribution < -0.4 is 5.32 Å². The van der Waals surface area contributed by atoms with E-state index in [9.17, 15) is 0 Å². The van der Waals surface area contributed by atoms with Crippen LogP contribution >= 0.6 is 0 Å². The zero-order valence-electron chi connectivity index (χ0n) is 10.3. The Morgan fingerprint density at radius 3 is 2.43 bits per heavy atom.